The Balaban J connectivity index is 1.45. The van der Waals surface area contributed by atoms with Gasteiger partial charge in [0.1, 0.15) is 12.9 Å². The summed E-state index contributed by atoms with van der Waals surface area (Å²) in [6, 6.07) is 0. The molecule has 1 amide bonds. The zero-order valence-corrected chi connectivity index (χ0v) is 14.2. The van der Waals surface area contributed by atoms with Crippen molar-refractivity contribution in [1.82, 2.24) is 34.9 Å². The normalized spacial score (nSPS) is 21.0. The Labute approximate surface area is 137 Å². The maximum atomic E-state index is 12.2. The van der Waals surface area contributed by atoms with E-state index in [1.54, 1.807) is 0 Å². The van der Waals surface area contributed by atoms with Crippen LogP contribution in [0.5, 0.6) is 0 Å². The Morgan fingerprint density at radius 2 is 1.78 bits per heavy atom. The van der Waals surface area contributed by atoms with Gasteiger partial charge in [-0.05, 0) is 50.2 Å². The molecule has 0 bridgehead atoms. The smallest absolute Gasteiger partial charge is 0.244 e. The molecule has 1 aromatic rings. The standard InChI is InChI=1S/C15H27N7O/c1-15(2,21-5-3-4-6-21)12-19-7-9-20(10-8-19)14(23)11-22-13-16-17-18-22/h13H,3-12H2,1-2H3. The molecule has 8 nitrogen and oxygen atoms in total. The second-order valence-electron chi connectivity index (χ2n) is 7.17. The van der Waals surface area contributed by atoms with Crippen molar-refractivity contribution in [2.24, 2.45) is 0 Å². The highest BCUT2D eigenvalue weighted by molar-refractivity contribution is 5.75. The first kappa shape index (κ1) is 16.3. The molecule has 0 unspecified atom stereocenters. The number of nitrogens with zero attached hydrogens (tertiary/aromatic N) is 7. The van der Waals surface area contributed by atoms with Crippen LogP contribution in [0.4, 0.5) is 0 Å². The molecule has 2 aliphatic heterocycles. The highest BCUT2D eigenvalue weighted by Gasteiger charge is 2.32. The second kappa shape index (κ2) is 6.92. The van der Waals surface area contributed by atoms with Crippen molar-refractivity contribution in [1.29, 1.82) is 0 Å². The number of likely N-dealkylation sites (tertiary alicyclic amines) is 1. The molecule has 1 aromatic heterocycles. The van der Waals surface area contributed by atoms with Gasteiger partial charge in [0.2, 0.25) is 5.91 Å². The quantitative estimate of drug-likeness (QED) is 0.741. The highest BCUT2D eigenvalue weighted by Crippen LogP contribution is 2.22. The summed E-state index contributed by atoms with van der Waals surface area (Å²) in [6.07, 6.45) is 4.12. The number of amides is 1. The molecule has 0 radical (unpaired) electrons. The predicted molar refractivity (Wildman–Crippen MR) is 85.7 cm³/mol. The lowest BCUT2D eigenvalue weighted by Gasteiger charge is -2.42. The summed E-state index contributed by atoms with van der Waals surface area (Å²) in [5, 5.41) is 10.9. The van der Waals surface area contributed by atoms with E-state index in [0.717, 1.165) is 32.7 Å². The molecule has 8 heteroatoms. The molecule has 23 heavy (non-hydrogen) atoms. The van der Waals surface area contributed by atoms with Crippen LogP contribution in [-0.4, -0.2) is 92.2 Å². The van der Waals surface area contributed by atoms with Crippen molar-refractivity contribution in [3.8, 4) is 0 Å². The van der Waals surface area contributed by atoms with Crippen LogP contribution in [-0.2, 0) is 11.3 Å². The van der Waals surface area contributed by atoms with Crippen LogP contribution >= 0.6 is 0 Å². The van der Waals surface area contributed by atoms with Gasteiger partial charge >= 0.3 is 0 Å². The summed E-state index contributed by atoms with van der Waals surface area (Å²) < 4.78 is 1.48. The van der Waals surface area contributed by atoms with E-state index in [-0.39, 0.29) is 18.0 Å². The summed E-state index contributed by atoms with van der Waals surface area (Å²) >= 11 is 0. The summed E-state index contributed by atoms with van der Waals surface area (Å²) in [4.78, 5) is 19.3. The molecule has 0 N–H and O–H groups in total. The first-order valence-corrected chi connectivity index (χ1v) is 8.50. The molecular weight excluding hydrogens is 294 g/mol. The average Bonchev–Trinajstić information content (AvgIpc) is 3.21. The molecule has 2 saturated heterocycles. The number of rotatable bonds is 5. The van der Waals surface area contributed by atoms with Crippen LogP contribution in [0, 0.1) is 0 Å². The third-order valence-corrected chi connectivity index (χ3v) is 4.99. The molecule has 3 heterocycles. The number of piperazine rings is 1. The highest BCUT2D eigenvalue weighted by atomic mass is 16.2. The minimum atomic E-state index is 0.0933. The predicted octanol–water partition coefficient (Wildman–Crippen LogP) is -0.308. The zero-order valence-electron chi connectivity index (χ0n) is 14.2. The van der Waals surface area contributed by atoms with Crippen molar-refractivity contribution in [2.45, 2.75) is 38.8 Å². The number of carbonyl (C=O) groups is 1. The van der Waals surface area contributed by atoms with E-state index >= 15 is 0 Å². The molecule has 2 aliphatic rings. The third kappa shape index (κ3) is 4.06. The molecule has 0 aromatic carbocycles. The molecule has 128 valence electrons. The van der Waals surface area contributed by atoms with E-state index < -0.39 is 0 Å². The molecule has 0 atom stereocenters. The van der Waals surface area contributed by atoms with Gasteiger partial charge in [-0.1, -0.05) is 0 Å². The minimum Gasteiger partial charge on any atom is -0.339 e. The number of hydrogen-bond acceptors (Lipinski definition) is 6. The van der Waals surface area contributed by atoms with Crippen LogP contribution < -0.4 is 0 Å². The maximum Gasteiger partial charge on any atom is 0.244 e. The number of aromatic nitrogens is 4. The Kier molecular flexibility index (Phi) is 4.91. The van der Waals surface area contributed by atoms with Crippen molar-refractivity contribution in [3.63, 3.8) is 0 Å². The molecule has 2 fully saturated rings. The summed E-state index contributed by atoms with van der Waals surface area (Å²) in [7, 11) is 0. The number of hydrogen-bond donors (Lipinski definition) is 0. The van der Waals surface area contributed by atoms with Gasteiger partial charge < -0.3 is 4.90 Å². The SMILES string of the molecule is CC(C)(CN1CCN(C(=O)Cn2cnnn2)CC1)N1CCCC1. The fourth-order valence-electron chi connectivity index (χ4n) is 3.62. The van der Waals surface area contributed by atoms with Gasteiger partial charge in [-0.3, -0.25) is 14.6 Å². The van der Waals surface area contributed by atoms with E-state index in [0.29, 0.717) is 0 Å². The largest absolute Gasteiger partial charge is 0.339 e. The van der Waals surface area contributed by atoms with Gasteiger partial charge in [-0.2, -0.15) is 0 Å². The van der Waals surface area contributed by atoms with Gasteiger partial charge in [0.15, 0.2) is 0 Å². The maximum absolute atomic E-state index is 12.2. The van der Waals surface area contributed by atoms with Crippen molar-refractivity contribution < 1.29 is 4.79 Å². The van der Waals surface area contributed by atoms with Crippen molar-refractivity contribution >= 4 is 5.91 Å². The van der Waals surface area contributed by atoms with Crippen LogP contribution in [0.2, 0.25) is 0 Å². The first-order chi connectivity index (χ1) is 11.0. The lowest BCUT2D eigenvalue weighted by molar-refractivity contribution is -0.134. The summed E-state index contributed by atoms with van der Waals surface area (Å²) in [5.74, 6) is 0.0933. The van der Waals surface area contributed by atoms with Gasteiger partial charge in [-0.15, -0.1) is 5.10 Å². The van der Waals surface area contributed by atoms with Crippen LogP contribution in [0.3, 0.4) is 0 Å². The summed E-state index contributed by atoms with van der Waals surface area (Å²) in [5.41, 5.74) is 0.217. The average molecular weight is 321 g/mol. The van der Waals surface area contributed by atoms with Crippen LogP contribution in [0.15, 0.2) is 6.33 Å². The van der Waals surface area contributed by atoms with E-state index in [1.807, 2.05) is 4.90 Å². The lowest BCUT2D eigenvalue weighted by Crippen LogP contribution is -2.56. The second-order valence-corrected chi connectivity index (χ2v) is 7.17. The zero-order chi connectivity index (χ0) is 16.3. The molecular formula is C15H27N7O. The van der Waals surface area contributed by atoms with Gasteiger partial charge in [-0.25, -0.2) is 4.68 Å². The van der Waals surface area contributed by atoms with Gasteiger partial charge in [0.25, 0.3) is 0 Å². The first-order valence-electron chi connectivity index (χ1n) is 8.50. The Hall–Kier alpha value is -1.54. The molecule has 3 rings (SSSR count). The molecule has 0 aliphatic carbocycles. The van der Waals surface area contributed by atoms with E-state index in [4.69, 9.17) is 0 Å². The van der Waals surface area contributed by atoms with Crippen molar-refractivity contribution in [3.05, 3.63) is 6.33 Å². The van der Waals surface area contributed by atoms with Crippen LogP contribution in [0.25, 0.3) is 0 Å². The Morgan fingerprint density at radius 1 is 1.09 bits per heavy atom. The van der Waals surface area contributed by atoms with Gasteiger partial charge in [0.05, 0.1) is 0 Å². The fraction of sp³-hybridized carbons (Fsp3) is 0.867. The third-order valence-electron chi connectivity index (χ3n) is 4.99. The Bertz CT molecular complexity index is 502. The summed E-state index contributed by atoms with van der Waals surface area (Å²) in [6.45, 7) is 11.9. The van der Waals surface area contributed by atoms with Crippen LogP contribution in [0.1, 0.15) is 26.7 Å². The van der Waals surface area contributed by atoms with E-state index in [1.165, 1.54) is 36.9 Å². The molecule has 0 spiro atoms. The lowest BCUT2D eigenvalue weighted by atomic mass is 10.0. The van der Waals surface area contributed by atoms with E-state index in [2.05, 4.69) is 39.2 Å². The Morgan fingerprint density at radius 3 is 2.39 bits per heavy atom. The molecule has 0 saturated carbocycles. The topological polar surface area (TPSA) is 70.4 Å². The minimum absolute atomic E-state index is 0.0933. The number of carbonyl (C=O) groups excluding carboxylic acids is 1. The number of tetrazole rings is 1. The van der Waals surface area contributed by atoms with Crippen molar-refractivity contribution in [2.75, 3.05) is 45.8 Å². The monoisotopic (exact) mass is 321 g/mol. The van der Waals surface area contributed by atoms with Gasteiger partial charge in [0, 0.05) is 38.3 Å². The van der Waals surface area contributed by atoms with E-state index in [9.17, 15) is 4.79 Å². The fourth-order valence-corrected chi connectivity index (χ4v) is 3.62.